The predicted molar refractivity (Wildman–Crippen MR) is 82.6 cm³/mol. The number of aryl methyl sites for hydroxylation is 1. The predicted octanol–water partition coefficient (Wildman–Crippen LogP) is 3.95. The third kappa shape index (κ3) is 2.93. The SMILES string of the molecule is Cc1cccc(Oc2ccc(/C(N)=N/O)cc2Br)c1C. The van der Waals surface area contributed by atoms with Crippen molar-refractivity contribution in [3.8, 4) is 11.5 Å². The number of oxime groups is 1. The smallest absolute Gasteiger partial charge is 0.170 e. The Hall–Kier alpha value is -2.01. The fraction of sp³-hybridized carbons (Fsp3) is 0.133. The van der Waals surface area contributed by atoms with E-state index in [0.29, 0.717) is 11.3 Å². The van der Waals surface area contributed by atoms with E-state index in [1.165, 1.54) is 5.56 Å². The zero-order chi connectivity index (χ0) is 14.7. The van der Waals surface area contributed by atoms with Gasteiger partial charge in [-0.2, -0.15) is 0 Å². The Bertz CT molecular complexity index is 669. The Morgan fingerprint density at radius 1 is 1.20 bits per heavy atom. The summed E-state index contributed by atoms with van der Waals surface area (Å²) in [4.78, 5) is 0. The van der Waals surface area contributed by atoms with Crippen molar-refractivity contribution in [2.75, 3.05) is 0 Å². The highest BCUT2D eigenvalue weighted by atomic mass is 79.9. The van der Waals surface area contributed by atoms with Gasteiger partial charge in [0.05, 0.1) is 4.47 Å². The van der Waals surface area contributed by atoms with Crippen molar-refractivity contribution >= 4 is 21.8 Å². The van der Waals surface area contributed by atoms with Crippen LogP contribution < -0.4 is 10.5 Å². The van der Waals surface area contributed by atoms with E-state index < -0.39 is 0 Å². The summed E-state index contributed by atoms with van der Waals surface area (Å²) in [6.07, 6.45) is 0. The van der Waals surface area contributed by atoms with Gasteiger partial charge >= 0.3 is 0 Å². The van der Waals surface area contributed by atoms with Gasteiger partial charge in [-0.3, -0.25) is 0 Å². The van der Waals surface area contributed by atoms with E-state index >= 15 is 0 Å². The van der Waals surface area contributed by atoms with E-state index in [2.05, 4.69) is 21.1 Å². The maximum atomic E-state index is 8.67. The maximum absolute atomic E-state index is 8.67. The lowest BCUT2D eigenvalue weighted by molar-refractivity contribution is 0.318. The van der Waals surface area contributed by atoms with Gasteiger partial charge in [0, 0.05) is 5.56 Å². The molecule has 5 heteroatoms. The first-order valence-electron chi connectivity index (χ1n) is 6.04. The third-order valence-corrected chi connectivity index (χ3v) is 3.73. The molecule has 0 bridgehead atoms. The quantitative estimate of drug-likeness (QED) is 0.386. The zero-order valence-electron chi connectivity index (χ0n) is 11.2. The average Bonchev–Trinajstić information content (AvgIpc) is 2.45. The van der Waals surface area contributed by atoms with Crippen molar-refractivity contribution in [3.63, 3.8) is 0 Å². The first-order valence-corrected chi connectivity index (χ1v) is 6.83. The maximum Gasteiger partial charge on any atom is 0.170 e. The molecule has 0 atom stereocenters. The van der Waals surface area contributed by atoms with Crippen LogP contribution in [0.25, 0.3) is 0 Å². The number of hydrogen-bond acceptors (Lipinski definition) is 3. The van der Waals surface area contributed by atoms with Crippen LogP contribution in [-0.2, 0) is 0 Å². The molecule has 0 saturated carbocycles. The van der Waals surface area contributed by atoms with Crippen LogP contribution in [0.1, 0.15) is 16.7 Å². The van der Waals surface area contributed by atoms with Crippen LogP contribution in [0, 0.1) is 13.8 Å². The Labute approximate surface area is 126 Å². The van der Waals surface area contributed by atoms with E-state index in [4.69, 9.17) is 15.7 Å². The van der Waals surface area contributed by atoms with Gasteiger partial charge in [-0.05, 0) is 65.2 Å². The standard InChI is InChI=1S/C15H15BrN2O2/c1-9-4-3-5-13(10(9)2)20-14-7-6-11(8-12(14)16)15(17)18-19/h3-8,19H,1-2H3,(H2,17,18). The number of benzene rings is 2. The second-order valence-corrected chi connectivity index (χ2v) is 5.28. The van der Waals surface area contributed by atoms with Crippen LogP contribution in [0.5, 0.6) is 11.5 Å². The molecule has 0 aliphatic rings. The van der Waals surface area contributed by atoms with E-state index in [0.717, 1.165) is 15.8 Å². The molecule has 4 nitrogen and oxygen atoms in total. The summed E-state index contributed by atoms with van der Waals surface area (Å²) in [5.74, 6) is 1.54. The molecule has 2 rings (SSSR count). The van der Waals surface area contributed by atoms with Crippen molar-refractivity contribution in [2.45, 2.75) is 13.8 Å². The normalized spacial score (nSPS) is 11.4. The number of hydrogen-bond donors (Lipinski definition) is 2. The number of ether oxygens (including phenoxy) is 1. The minimum atomic E-state index is 0.0592. The number of nitrogens with two attached hydrogens (primary N) is 1. The molecular formula is C15H15BrN2O2. The second kappa shape index (κ2) is 5.96. The summed E-state index contributed by atoms with van der Waals surface area (Å²) in [6, 6.07) is 11.2. The summed E-state index contributed by atoms with van der Waals surface area (Å²) < 4.78 is 6.64. The van der Waals surface area contributed by atoms with Crippen LogP contribution >= 0.6 is 15.9 Å². The lowest BCUT2D eigenvalue weighted by Crippen LogP contribution is -2.12. The molecule has 0 saturated heterocycles. The van der Waals surface area contributed by atoms with Gasteiger partial charge in [-0.15, -0.1) is 0 Å². The molecule has 2 aromatic carbocycles. The van der Waals surface area contributed by atoms with Gasteiger partial charge < -0.3 is 15.7 Å². The van der Waals surface area contributed by atoms with E-state index in [1.54, 1.807) is 18.2 Å². The van der Waals surface area contributed by atoms with E-state index in [1.807, 2.05) is 32.0 Å². The Kier molecular flexibility index (Phi) is 4.29. The highest BCUT2D eigenvalue weighted by Gasteiger charge is 2.08. The van der Waals surface area contributed by atoms with E-state index in [9.17, 15) is 0 Å². The molecule has 0 fully saturated rings. The van der Waals surface area contributed by atoms with Crippen LogP contribution in [0.3, 0.4) is 0 Å². The van der Waals surface area contributed by atoms with Gasteiger partial charge in [0.25, 0.3) is 0 Å². The average molecular weight is 335 g/mol. The molecular weight excluding hydrogens is 320 g/mol. The molecule has 0 aromatic heterocycles. The van der Waals surface area contributed by atoms with Gasteiger partial charge in [-0.1, -0.05) is 17.3 Å². The van der Waals surface area contributed by atoms with Crippen molar-refractivity contribution in [1.82, 2.24) is 0 Å². The highest BCUT2D eigenvalue weighted by Crippen LogP contribution is 2.32. The second-order valence-electron chi connectivity index (χ2n) is 4.43. The lowest BCUT2D eigenvalue weighted by atomic mass is 10.1. The Morgan fingerprint density at radius 3 is 2.60 bits per heavy atom. The van der Waals surface area contributed by atoms with Gasteiger partial charge in [0.15, 0.2) is 5.84 Å². The number of nitrogens with zero attached hydrogens (tertiary/aromatic N) is 1. The summed E-state index contributed by atoms with van der Waals surface area (Å²) in [5.41, 5.74) is 8.44. The summed E-state index contributed by atoms with van der Waals surface area (Å²) in [5, 5.41) is 11.6. The van der Waals surface area contributed by atoms with Crippen LogP contribution in [0.4, 0.5) is 0 Å². The summed E-state index contributed by atoms with van der Waals surface area (Å²) in [7, 11) is 0. The molecule has 0 heterocycles. The highest BCUT2D eigenvalue weighted by molar-refractivity contribution is 9.10. The van der Waals surface area contributed by atoms with Crippen LogP contribution in [-0.4, -0.2) is 11.0 Å². The minimum Gasteiger partial charge on any atom is -0.456 e. The minimum absolute atomic E-state index is 0.0592. The van der Waals surface area contributed by atoms with Gasteiger partial charge in [0.1, 0.15) is 11.5 Å². The largest absolute Gasteiger partial charge is 0.456 e. The van der Waals surface area contributed by atoms with Crippen LogP contribution in [0.2, 0.25) is 0 Å². The van der Waals surface area contributed by atoms with Crippen LogP contribution in [0.15, 0.2) is 46.0 Å². The molecule has 0 radical (unpaired) electrons. The zero-order valence-corrected chi connectivity index (χ0v) is 12.8. The third-order valence-electron chi connectivity index (χ3n) is 3.11. The molecule has 2 aromatic rings. The molecule has 0 spiro atoms. The number of halogens is 1. The van der Waals surface area contributed by atoms with E-state index in [-0.39, 0.29) is 5.84 Å². The van der Waals surface area contributed by atoms with Crippen molar-refractivity contribution in [3.05, 3.63) is 57.6 Å². The fourth-order valence-electron chi connectivity index (χ4n) is 1.75. The first kappa shape index (κ1) is 14.4. The fourth-order valence-corrected chi connectivity index (χ4v) is 2.21. The van der Waals surface area contributed by atoms with Crippen molar-refractivity contribution in [2.24, 2.45) is 10.9 Å². The van der Waals surface area contributed by atoms with Crippen molar-refractivity contribution in [1.29, 1.82) is 0 Å². The molecule has 0 amide bonds. The molecule has 20 heavy (non-hydrogen) atoms. The summed E-state index contributed by atoms with van der Waals surface area (Å²) in [6.45, 7) is 4.06. The number of rotatable bonds is 3. The molecule has 0 unspecified atom stereocenters. The number of amidine groups is 1. The molecule has 3 N–H and O–H groups in total. The van der Waals surface area contributed by atoms with Crippen molar-refractivity contribution < 1.29 is 9.94 Å². The molecule has 104 valence electrons. The Balaban J connectivity index is 2.33. The molecule has 0 aliphatic carbocycles. The lowest BCUT2D eigenvalue weighted by Gasteiger charge is -2.12. The topological polar surface area (TPSA) is 67.8 Å². The Morgan fingerprint density at radius 2 is 1.95 bits per heavy atom. The monoisotopic (exact) mass is 334 g/mol. The summed E-state index contributed by atoms with van der Waals surface area (Å²) >= 11 is 3.43. The van der Waals surface area contributed by atoms with Gasteiger partial charge in [0.2, 0.25) is 0 Å². The van der Waals surface area contributed by atoms with Gasteiger partial charge in [-0.25, -0.2) is 0 Å². The molecule has 0 aliphatic heterocycles. The first-order chi connectivity index (χ1) is 9.52.